The topological polar surface area (TPSA) is 52.3 Å². The zero-order valence-electron chi connectivity index (χ0n) is 7.46. The van der Waals surface area contributed by atoms with Crippen molar-refractivity contribution in [2.24, 2.45) is 5.73 Å². The van der Waals surface area contributed by atoms with E-state index in [0.717, 1.165) is 0 Å². The zero-order valence-corrected chi connectivity index (χ0v) is 9.05. The lowest BCUT2D eigenvalue weighted by Crippen LogP contribution is -2.24. The lowest BCUT2D eigenvalue weighted by atomic mass is 10.1. The van der Waals surface area contributed by atoms with Gasteiger partial charge < -0.3 is 10.5 Å². The van der Waals surface area contributed by atoms with E-state index in [1.54, 1.807) is 6.07 Å². The molecule has 1 aromatic carbocycles. The van der Waals surface area contributed by atoms with Gasteiger partial charge in [-0.1, -0.05) is 22.0 Å². The van der Waals surface area contributed by atoms with Crippen molar-refractivity contribution in [2.75, 3.05) is 7.11 Å². The number of carbonyl (C=O) groups is 1. The quantitative estimate of drug-likeness (QED) is 0.826. The van der Waals surface area contributed by atoms with Gasteiger partial charge in [0.15, 0.2) is 0 Å². The Morgan fingerprint density at radius 2 is 2.29 bits per heavy atom. The molecule has 0 heterocycles. The first kappa shape index (κ1) is 11.1. The summed E-state index contributed by atoms with van der Waals surface area (Å²) in [7, 11) is 1.21. The Hall–Kier alpha value is -0.940. The van der Waals surface area contributed by atoms with Crippen molar-refractivity contribution in [1.82, 2.24) is 0 Å². The molecular formula is C9H9BrFNO2. The van der Waals surface area contributed by atoms with Crippen molar-refractivity contribution in [3.8, 4) is 0 Å². The fraction of sp³-hybridized carbons (Fsp3) is 0.222. The van der Waals surface area contributed by atoms with Crippen LogP contribution in [0.15, 0.2) is 22.7 Å². The average molecular weight is 262 g/mol. The lowest BCUT2D eigenvalue weighted by molar-refractivity contribution is -0.142. The maximum Gasteiger partial charge on any atom is 0.327 e. The summed E-state index contributed by atoms with van der Waals surface area (Å²) in [6.07, 6.45) is 0. The summed E-state index contributed by atoms with van der Waals surface area (Å²) < 4.78 is 18.2. The third kappa shape index (κ3) is 2.10. The van der Waals surface area contributed by atoms with E-state index >= 15 is 0 Å². The highest BCUT2D eigenvalue weighted by atomic mass is 79.9. The molecule has 14 heavy (non-hydrogen) atoms. The van der Waals surface area contributed by atoms with Gasteiger partial charge >= 0.3 is 5.97 Å². The van der Waals surface area contributed by atoms with Crippen molar-refractivity contribution < 1.29 is 13.9 Å². The highest BCUT2D eigenvalue weighted by Gasteiger charge is 2.22. The molecule has 1 atom stereocenters. The molecule has 0 saturated heterocycles. The van der Waals surface area contributed by atoms with Crippen LogP contribution in [0.5, 0.6) is 0 Å². The van der Waals surface area contributed by atoms with E-state index in [9.17, 15) is 9.18 Å². The highest BCUT2D eigenvalue weighted by Crippen LogP contribution is 2.25. The van der Waals surface area contributed by atoms with Crippen LogP contribution in [0.1, 0.15) is 11.6 Å². The smallest absolute Gasteiger partial charge is 0.327 e. The number of ether oxygens (including phenoxy) is 1. The fourth-order valence-corrected chi connectivity index (χ4v) is 1.64. The van der Waals surface area contributed by atoms with Crippen molar-refractivity contribution >= 4 is 21.9 Å². The lowest BCUT2D eigenvalue weighted by Gasteiger charge is -2.11. The van der Waals surface area contributed by atoms with Gasteiger partial charge in [-0.05, 0) is 12.1 Å². The molecule has 1 aromatic rings. The van der Waals surface area contributed by atoms with E-state index in [1.165, 1.54) is 19.2 Å². The van der Waals surface area contributed by atoms with Crippen LogP contribution in [0.3, 0.4) is 0 Å². The van der Waals surface area contributed by atoms with Crippen LogP contribution in [0.2, 0.25) is 0 Å². The highest BCUT2D eigenvalue weighted by molar-refractivity contribution is 9.10. The number of benzene rings is 1. The standard InChI is InChI=1S/C9H9BrFNO2/c1-14-9(13)8(12)7-5(10)3-2-4-6(7)11/h2-4,8H,12H2,1H3. The Kier molecular flexibility index (Phi) is 3.60. The minimum atomic E-state index is -1.10. The summed E-state index contributed by atoms with van der Waals surface area (Å²) in [6.45, 7) is 0. The monoisotopic (exact) mass is 261 g/mol. The third-order valence-corrected chi connectivity index (χ3v) is 2.46. The SMILES string of the molecule is COC(=O)C(N)c1c(F)cccc1Br. The van der Waals surface area contributed by atoms with Gasteiger partial charge in [-0.2, -0.15) is 0 Å². The first-order chi connectivity index (χ1) is 6.57. The molecule has 0 radical (unpaired) electrons. The molecule has 0 aliphatic heterocycles. The number of carbonyl (C=O) groups excluding carboxylic acids is 1. The van der Waals surface area contributed by atoms with Gasteiger partial charge in [-0.25, -0.2) is 4.39 Å². The molecule has 1 unspecified atom stereocenters. The van der Waals surface area contributed by atoms with Crippen LogP contribution >= 0.6 is 15.9 Å². The van der Waals surface area contributed by atoms with Gasteiger partial charge in [-0.15, -0.1) is 0 Å². The van der Waals surface area contributed by atoms with Gasteiger partial charge in [0.05, 0.1) is 7.11 Å². The molecule has 0 saturated carbocycles. The molecule has 0 aliphatic carbocycles. The molecule has 0 aliphatic rings. The van der Waals surface area contributed by atoms with Crippen molar-refractivity contribution in [2.45, 2.75) is 6.04 Å². The molecule has 0 amide bonds. The van der Waals surface area contributed by atoms with Gasteiger partial charge in [0.25, 0.3) is 0 Å². The third-order valence-electron chi connectivity index (χ3n) is 1.77. The van der Waals surface area contributed by atoms with Gasteiger partial charge in [-0.3, -0.25) is 4.79 Å². The second-order valence-corrected chi connectivity index (χ2v) is 3.49. The molecule has 0 spiro atoms. The van der Waals surface area contributed by atoms with Crippen LogP contribution in [-0.2, 0) is 9.53 Å². The average Bonchev–Trinajstić information content (AvgIpc) is 2.16. The van der Waals surface area contributed by atoms with Crippen LogP contribution in [0.4, 0.5) is 4.39 Å². The number of hydrogen-bond acceptors (Lipinski definition) is 3. The predicted molar refractivity (Wildman–Crippen MR) is 53.0 cm³/mol. The Morgan fingerprint density at radius 1 is 1.64 bits per heavy atom. The molecule has 76 valence electrons. The van der Waals surface area contributed by atoms with Crippen LogP contribution < -0.4 is 5.73 Å². The first-order valence-corrected chi connectivity index (χ1v) is 4.64. The number of nitrogens with two attached hydrogens (primary N) is 1. The molecule has 0 aromatic heterocycles. The normalized spacial score (nSPS) is 12.3. The maximum absolute atomic E-state index is 13.3. The van der Waals surface area contributed by atoms with Gasteiger partial charge in [0, 0.05) is 10.0 Å². The minimum Gasteiger partial charge on any atom is -0.468 e. The largest absolute Gasteiger partial charge is 0.468 e. The zero-order chi connectivity index (χ0) is 10.7. The van der Waals surface area contributed by atoms with Crippen molar-refractivity contribution in [3.63, 3.8) is 0 Å². The van der Waals surface area contributed by atoms with Gasteiger partial charge in [0.2, 0.25) is 0 Å². The molecule has 1 rings (SSSR count). The second kappa shape index (κ2) is 4.52. The first-order valence-electron chi connectivity index (χ1n) is 3.85. The predicted octanol–water partition coefficient (Wildman–Crippen LogP) is 1.76. The summed E-state index contributed by atoms with van der Waals surface area (Å²) >= 11 is 3.12. The second-order valence-electron chi connectivity index (χ2n) is 2.64. The minimum absolute atomic E-state index is 0.111. The Morgan fingerprint density at radius 3 is 2.79 bits per heavy atom. The van der Waals surface area contributed by atoms with E-state index in [1.807, 2.05) is 0 Å². The van der Waals surface area contributed by atoms with E-state index in [0.29, 0.717) is 4.47 Å². The van der Waals surface area contributed by atoms with Crippen molar-refractivity contribution in [1.29, 1.82) is 0 Å². The van der Waals surface area contributed by atoms with Crippen LogP contribution in [-0.4, -0.2) is 13.1 Å². The van der Waals surface area contributed by atoms with E-state index in [2.05, 4.69) is 20.7 Å². The van der Waals surface area contributed by atoms with Crippen LogP contribution in [0.25, 0.3) is 0 Å². The Labute approximate surface area is 89.2 Å². The number of hydrogen-bond donors (Lipinski definition) is 1. The molecule has 3 nitrogen and oxygen atoms in total. The summed E-state index contributed by atoms with van der Waals surface area (Å²) in [5.74, 6) is -1.20. The summed E-state index contributed by atoms with van der Waals surface area (Å²) in [5.41, 5.74) is 5.62. The molecular weight excluding hydrogens is 253 g/mol. The van der Waals surface area contributed by atoms with E-state index in [-0.39, 0.29) is 5.56 Å². The fourth-order valence-electron chi connectivity index (χ4n) is 1.05. The summed E-state index contributed by atoms with van der Waals surface area (Å²) in [5, 5.41) is 0. The molecule has 5 heteroatoms. The number of halogens is 2. The molecule has 2 N–H and O–H groups in total. The molecule has 0 fully saturated rings. The Bertz CT molecular complexity index is 336. The maximum atomic E-state index is 13.3. The number of rotatable bonds is 2. The van der Waals surface area contributed by atoms with E-state index < -0.39 is 17.8 Å². The van der Waals surface area contributed by atoms with E-state index in [4.69, 9.17) is 5.73 Å². The number of esters is 1. The molecule has 0 bridgehead atoms. The van der Waals surface area contributed by atoms with Gasteiger partial charge in [0.1, 0.15) is 11.9 Å². The summed E-state index contributed by atoms with van der Waals surface area (Å²) in [6, 6.07) is 3.27. The number of methoxy groups -OCH3 is 1. The van der Waals surface area contributed by atoms with Crippen LogP contribution in [0, 0.1) is 5.82 Å². The Balaban J connectivity index is 3.11. The summed E-state index contributed by atoms with van der Waals surface area (Å²) in [4.78, 5) is 11.1. The van der Waals surface area contributed by atoms with Crippen molar-refractivity contribution in [3.05, 3.63) is 34.1 Å².